The number of ether oxygens (including phenoxy) is 1. The summed E-state index contributed by atoms with van der Waals surface area (Å²) >= 11 is 0. The molecule has 0 fully saturated rings. The lowest BCUT2D eigenvalue weighted by Gasteiger charge is -2.28. The van der Waals surface area contributed by atoms with Crippen LogP contribution in [0.2, 0.25) is 0 Å². The molecule has 1 aliphatic heterocycles. The summed E-state index contributed by atoms with van der Waals surface area (Å²) in [5, 5.41) is 5.70. The molecule has 0 aliphatic carbocycles. The molecule has 138 valence electrons. The number of hydrogen-bond acceptors (Lipinski definition) is 4. The van der Waals surface area contributed by atoms with E-state index in [9.17, 15) is 14.0 Å². The van der Waals surface area contributed by atoms with Gasteiger partial charge in [0, 0.05) is 19.2 Å². The Labute approximate surface area is 147 Å². The van der Waals surface area contributed by atoms with Crippen LogP contribution in [0.3, 0.4) is 0 Å². The van der Waals surface area contributed by atoms with E-state index < -0.39 is 17.7 Å². The van der Waals surface area contributed by atoms with Crippen LogP contribution in [0.15, 0.2) is 12.1 Å². The molecule has 1 atom stereocenters. The van der Waals surface area contributed by atoms with Gasteiger partial charge >= 0.3 is 6.09 Å². The Kier molecular flexibility index (Phi) is 5.55. The van der Waals surface area contributed by atoms with Gasteiger partial charge in [0.15, 0.2) is 0 Å². The van der Waals surface area contributed by atoms with Crippen molar-refractivity contribution in [2.45, 2.75) is 52.2 Å². The van der Waals surface area contributed by atoms with Gasteiger partial charge in [-0.2, -0.15) is 0 Å². The molecular formula is C18H26FN3O3. The number of nitrogens with zero attached hydrogens (tertiary/aromatic N) is 1. The summed E-state index contributed by atoms with van der Waals surface area (Å²) in [6.45, 7) is 7.58. The maximum Gasteiger partial charge on any atom is 0.408 e. The molecule has 0 spiro atoms. The van der Waals surface area contributed by atoms with E-state index in [1.54, 1.807) is 40.8 Å². The molecule has 0 saturated carbocycles. The monoisotopic (exact) mass is 351 g/mol. The fourth-order valence-corrected chi connectivity index (χ4v) is 2.77. The number of fused-ring (bicyclic) bond motifs is 1. The third-order valence-electron chi connectivity index (χ3n) is 3.93. The smallest absolute Gasteiger partial charge is 0.408 e. The van der Waals surface area contributed by atoms with Gasteiger partial charge in [-0.1, -0.05) is 0 Å². The summed E-state index contributed by atoms with van der Waals surface area (Å²) in [4.78, 5) is 25.9. The second-order valence-electron chi connectivity index (χ2n) is 7.22. The molecule has 2 N–H and O–H groups in total. The molecule has 0 unspecified atom stereocenters. The first-order valence-corrected chi connectivity index (χ1v) is 8.42. The predicted octanol–water partition coefficient (Wildman–Crippen LogP) is 3.06. The van der Waals surface area contributed by atoms with Gasteiger partial charge in [-0.25, -0.2) is 9.18 Å². The summed E-state index contributed by atoms with van der Waals surface area (Å²) in [5.74, 6) is -0.584. The number of amides is 2. The maximum absolute atomic E-state index is 14.0. The van der Waals surface area contributed by atoms with Crippen molar-refractivity contribution in [3.63, 3.8) is 0 Å². The quantitative estimate of drug-likeness (QED) is 0.878. The van der Waals surface area contributed by atoms with Crippen LogP contribution in [-0.2, 0) is 16.0 Å². The first kappa shape index (κ1) is 19.0. The second kappa shape index (κ2) is 7.29. The maximum atomic E-state index is 14.0. The highest BCUT2D eigenvalue weighted by Gasteiger charge is 2.26. The number of halogens is 1. The normalized spacial score (nSPS) is 14.8. The van der Waals surface area contributed by atoms with Gasteiger partial charge in [0.2, 0.25) is 5.91 Å². The van der Waals surface area contributed by atoms with E-state index >= 15 is 0 Å². The first-order chi connectivity index (χ1) is 11.6. The third kappa shape index (κ3) is 4.61. The second-order valence-corrected chi connectivity index (χ2v) is 7.22. The van der Waals surface area contributed by atoms with E-state index in [4.69, 9.17) is 4.74 Å². The molecule has 25 heavy (non-hydrogen) atoms. The zero-order valence-corrected chi connectivity index (χ0v) is 15.4. The molecule has 2 rings (SSSR count). The topological polar surface area (TPSA) is 70.7 Å². The number of carbonyl (C=O) groups is 2. The van der Waals surface area contributed by atoms with Gasteiger partial charge in [0.1, 0.15) is 17.5 Å². The number of hydrogen-bond donors (Lipinski definition) is 2. The average Bonchev–Trinajstić information content (AvgIpc) is 2.52. The molecule has 0 saturated heterocycles. The van der Waals surface area contributed by atoms with Gasteiger partial charge in [-0.3, -0.25) is 4.79 Å². The Bertz CT molecular complexity index is 670. The Morgan fingerprint density at radius 3 is 2.68 bits per heavy atom. The van der Waals surface area contributed by atoms with Crippen molar-refractivity contribution in [2.24, 2.45) is 0 Å². The summed E-state index contributed by atoms with van der Waals surface area (Å²) in [7, 11) is 1.61. The number of nitrogens with one attached hydrogen (secondary N) is 2. The Hall–Kier alpha value is -2.31. The van der Waals surface area contributed by atoms with Gasteiger partial charge in [-0.05, 0) is 52.7 Å². The van der Waals surface area contributed by atoms with Crippen molar-refractivity contribution in [1.29, 1.82) is 0 Å². The average molecular weight is 351 g/mol. The van der Waals surface area contributed by atoms with Crippen LogP contribution < -0.4 is 15.5 Å². The van der Waals surface area contributed by atoms with E-state index in [0.29, 0.717) is 23.4 Å². The number of rotatable bonds is 3. The van der Waals surface area contributed by atoms with E-state index in [1.165, 1.54) is 11.0 Å². The lowest BCUT2D eigenvalue weighted by molar-refractivity contribution is -0.120. The van der Waals surface area contributed by atoms with E-state index in [1.807, 2.05) is 0 Å². The van der Waals surface area contributed by atoms with Crippen LogP contribution in [-0.4, -0.2) is 37.2 Å². The molecular weight excluding hydrogens is 325 g/mol. The predicted molar refractivity (Wildman–Crippen MR) is 95.5 cm³/mol. The zero-order valence-electron chi connectivity index (χ0n) is 15.4. The minimum absolute atomic E-state index is 0.272. The van der Waals surface area contributed by atoms with E-state index in [0.717, 1.165) is 13.0 Å². The highest BCUT2D eigenvalue weighted by Crippen LogP contribution is 2.34. The fourth-order valence-electron chi connectivity index (χ4n) is 2.77. The molecule has 1 aromatic carbocycles. The van der Waals surface area contributed by atoms with Crippen LogP contribution in [0, 0.1) is 5.82 Å². The van der Waals surface area contributed by atoms with Gasteiger partial charge in [-0.15, -0.1) is 0 Å². The van der Waals surface area contributed by atoms with Crippen molar-refractivity contribution in [2.75, 3.05) is 23.8 Å². The highest BCUT2D eigenvalue weighted by molar-refractivity contribution is 6.00. The zero-order chi connectivity index (χ0) is 18.8. The van der Waals surface area contributed by atoms with E-state index in [-0.39, 0.29) is 11.7 Å². The molecule has 1 heterocycles. The molecule has 0 bridgehead atoms. The molecule has 0 aromatic heterocycles. The summed E-state index contributed by atoms with van der Waals surface area (Å²) in [6, 6.07) is 2.17. The minimum atomic E-state index is -0.774. The lowest BCUT2D eigenvalue weighted by Crippen LogP contribution is -2.47. The highest BCUT2D eigenvalue weighted by atomic mass is 19.1. The van der Waals surface area contributed by atoms with Crippen molar-refractivity contribution in [3.8, 4) is 0 Å². The van der Waals surface area contributed by atoms with Crippen LogP contribution in [0.4, 0.5) is 20.6 Å². The van der Waals surface area contributed by atoms with Crippen molar-refractivity contribution in [1.82, 2.24) is 5.32 Å². The fraction of sp³-hybridized carbons (Fsp3) is 0.556. The van der Waals surface area contributed by atoms with Gasteiger partial charge in [0.05, 0.1) is 11.4 Å². The molecule has 0 radical (unpaired) electrons. The van der Waals surface area contributed by atoms with Crippen molar-refractivity contribution >= 4 is 23.4 Å². The number of likely N-dealkylation sites (N-methyl/N-ethyl adjacent to an activating group) is 1. The standard InChI is InChI=1S/C18H26FN3O3/c1-11(21-17(24)25-18(2,3)4)16(23)22(5)14-9-8-13(19)12-7-6-10-20-15(12)14/h8-9,11,20H,6-7,10H2,1-5H3,(H,21,24)/t11-/m0/s1. The Morgan fingerprint density at radius 2 is 2.04 bits per heavy atom. The van der Waals surface area contributed by atoms with Crippen molar-refractivity contribution < 1.29 is 18.7 Å². The van der Waals surface area contributed by atoms with Crippen LogP contribution in [0.5, 0.6) is 0 Å². The minimum Gasteiger partial charge on any atom is -0.444 e. The van der Waals surface area contributed by atoms with Crippen molar-refractivity contribution in [3.05, 3.63) is 23.5 Å². The molecule has 7 heteroatoms. The third-order valence-corrected chi connectivity index (χ3v) is 3.93. The van der Waals surface area contributed by atoms with Crippen LogP contribution >= 0.6 is 0 Å². The molecule has 1 aromatic rings. The van der Waals surface area contributed by atoms with Crippen LogP contribution in [0.25, 0.3) is 0 Å². The summed E-state index contributed by atoms with van der Waals surface area (Å²) < 4.78 is 19.2. The number of anilines is 2. The van der Waals surface area contributed by atoms with Gasteiger partial charge in [0.25, 0.3) is 0 Å². The SMILES string of the molecule is C[C@H](NC(=O)OC(C)(C)C)C(=O)N(C)c1ccc(F)c2c1NCCC2. The largest absolute Gasteiger partial charge is 0.444 e. The van der Waals surface area contributed by atoms with Gasteiger partial charge < -0.3 is 20.3 Å². The first-order valence-electron chi connectivity index (χ1n) is 8.42. The molecule has 2 amide bonds. The lowest BCUT2D eigenvalue weighted by atomic mass is 10.0. The molecule has 1 aliphatic rings. The van der Waals surface area contributed by atoms with E-state index in [2.05, 4.69) is 10.6 Å². The Balaban J connectivity index is 2.13. The summed E-state index contributed by atoms with van der Waals surface area (Å²) in [5.41, 5.74) is 1.19. The summed E-state index contributed by atoms with van der Waals surface area (Å²) in [6.07, 6.45) is 0.832. The number of carbonyl (C=O) groups excluding carboxylic acids is 2. The number of benzene rings is 1. The Morgan fingerprint density at radius 1 is 1.36 bits per heavy atom. The molecule has 6 nitrogen and oxygen atoms in total. The number of alkyl carbamates (subject to hydrolysis) is 1. The van der Waals surface area contributed by atoms with Crippen LogP contribution in [0.1, 0.15) is 39.7 Å².